The summed E-state index contributed by atoms with van der Waals surface area (Å²) < 4.78 is 0.897. The molecule has 0 saturated heterocycles. The van der Waals surface area contributed by atoms with Gasteiger partial charge in [-0.25, -0.2) is 9.97 Å². The smallest absolute Gasteiger partial charge is 0.208 e. The molecule has 0 fully saturated rings. The summed E-state index contributed by atoms with van der Waals surface area (Å²) in [5.41, 5.74) is 2.36. The molecule has 0 amide bonds. The first-order chi connectivity index (χ1) is 13.2. The van der Waals surface area contributed by atoms with Gasteiger partial charge in [0.1, 0.15) is 9.86 Å². The van der Waals surface area contributed by atoms with E-state index in [2.05, 4.69) is 15.2 Å². The van der Waals surface area contributed by atoms with E-state index < -0.39 is 0 Å². The lowest BCUT2D eigenvalue weighted by atomic mass is 10.2. The number of hydrogen-bond donors (Lipinski definition) is 0. The van der Waals surface area contributed by atoms with Crippen LogP contribution < -0.4 is 4.90 Å². The minimum absolute atomic E-state index is 0.718. The van der Waals surface area contributed by atoms with E-state index in [9.17, 15) is 0 Å². The Balaban J connectivity index is 1.65. The minimum Gasteiger partial charge on any atom is -0.353 e. The summed E-state index contributed by atoms with van der Waals surface area (Å²) in [4.78, 5) is 18.5. The molecule has 0 unspecified atom stereocenters. The molecule has 0 aliphatic heterocycles. The average Bonchev–Trinajstić information content (AvgIpc) is 3.37. The highest BCUT2D eigenvalue weighted by Gasteiger charge is 2.24. The largest absolute Gasteiger partial charge is 0.353 e. The summed E-state index contributed by atoms with van der Waals surface area (Å²) >= 11 is 4.97. The van der Waals surface area contributed by atoms with E-state index in [1.165, 1.54) is 22.2 Å². The predicted molar refractivity (Wildman–Crippen MR) is 111 cm³/mol. The highest BCUT2D eigenvalue weighted by atomic mass is 32.2. The van der Waals surface area contributed by atoms with Gasteiger partial charge >= 0.3 is 0 Å². The van der Waals surface area contributed by atoms with Crippen molar-refractivity contribution in [3.05, 3.63) is 35.0 Å². The molecular formula is C18H16N6S3. The van der Waals surface area contributed by atoms with Crippen LogP contribution in [-0.2, 0) is 12.8 Å². The van der Waals surface area contributed by atoms with Crippen LogP contribution in [0.3, 0.4) is 0 Å². The summed E-state index contributed by atoms with van der Waals surface area (Å²) in [7, 11) is 3.95. The minimum atomic E-state index is 0.718. The van der Waals surface area contributed by atoms with Gasteiger partial charge in [0.2, 0.25) is 5.13 Å². The quantitative estimate of drug-likeness (QED) is 0.463. The van der Waals surface area contributed by atoms with Crippen molar-refractivity contribution in [2.45, 2.75) is 28.6 Å². The van der Waals surface area contributed by atoms with Gasteiger partial charge in [0, 0.05) is 42.3 Å². The Kier molecular flexibility index (Phi) is 4.30. The van der Waals surface area contributed by atoms with Crippen molar-refractivity contribution < 1.29 is 0 Å². The Bertz CT molecular complexity index is 1120. The standard InChI is InChI=1S/C18H16N6S3/c1-24(2)17-22-23-18(27-17)26-16-13-11-6-3-7-12(11)25-15(13)20-14(21-16)10-5-4-8-19-9-10/h4-5,8-9H,3,6-7H2,1-2H3. The molecule has 27 heavy (non-hydrogen) atoms. The second-order valence-electron chi connectivity index (χ2n) is 6.48. The number of nitrogens with zero attached hydrogens (tertiary/aromatic N) is 6. The zero-order valence-electron chi connectivity index (χ0n) is 14.8. The van der Waals surface area contributed by atoms with Crippen LogP contribution in [0.1, 0.15) is 16.9 Å². The molecular weight excluding hydrogens is 396 g/mol. The number of rotatable bonds is 4. The van der Waals surface area contributed by atoms with Crippen LogP contribution in [0.2, 0.25) is 0 Å². The summed E-state index contributed by atoms with van der Waals surface area (Å²) in [5.74, 6) is 0.718. The molecule has 4 heterocycles. The number of thiophene rings is 1. The van der Waals surface area contributed by atoms with Gasteiger partial charge in [-0.15, -0.1) is 21.5 Å². The van der Waals surface area contributed by atoms with Crippen molar-refractivity contribution in [2.24, 2.45) is 0 Å². The van der Waals surface area contributed by atoms with E-state index in [1.54, 1.807) is 40.6 Å². The van der Waals surface area contributed by atoms with Crippen molar-refractivity contribution in [1.82, 2.24) is 25.1 Å². The molecule has 0 saturated carbocycles. The fraction of sp³-hybridized carbons (Fsp3) is 0.278. The Hall–Kier alpha value is -2.10. The summed E-state index contributed by atoms with van der Waals surface area (Å²) in [5, 5.41) is 11.7. The monoisotopic (exact) mass is 412 g/mol. The third-order valence-corrected chi connectivity index (χ3v) is 7.73. The van der Waals surface area contributed by atoms with Gasteiger partial charge in [0.15, 0.2) is 10.2 Å². The lowest BCUT2D eigenvalue weighted by Crippen LogP contribution is -2.07. The van der Waals surface area contributed by atoms with Crippen LogP contribution in [-0.4, -0.2) is 39.2 Å². The van der Waals surface area contributed by atoms with Gasteiger partial charge in [0.05, 0.1) is 0 Å². The van der Waals surface area contributed by atoms with E-state index in [0.717, 1.165) is 43.6 Å². The maximum atomic E-state index is 4.91. The Labute approximate surface area is 168 Å². The van der Waals surface area contributed by atoms with Gasteiger partial charge in [-0.2, -0.15) is 0 Å². The highest BCUT2D eigenvalue weighted by molar-refractivity contribution is 8.01. The second-order valence-corrected chi connectivity index (χ2v) is 9.75. The van der Waals surface area contributed by atoms with E-state index in [1.807, 2.05) is 37.3 Å². The zero-order chi connectivity index (χ0) is 18.4. The van der Waals surface area contributed by atoms with Crippen molar-refractivity contribution in [2.75, 3.05) is 19.0 Å². The number of aromatic nitrogens is 5. The van der Waals surface area contributed by atoms with Gasteiger partial charge in [0.25, 0.3) is 0 Å². The fourth-order valence-electron chi connectivity index (χ4n) is 3.17. The molecule has 1 aliphatic rings. The SMILES string of the molecule is CN(C)c1nnc(Sc2nc(-c3cccnc3)nc3sc4c(c23)CCC4)s1. The Morgan fingerprint density at radius 1 is 1.11 bits per heavy atom. The third-order valence-electron chi connectivity index (χ3n) is 4.41. The van der Waals surface area contributed by atoms with E-state index in [0.29, 0.717) is 0 Å². The van der Waals surface area contributed by atoms with E-state index >= 15 is 0 Å². The first-order valence-corrected chi connectivity index (χ1v) is 11.1. The number of aryl methyl sites for hydroxylation is 2. The molecule has 9 heteroatoms. The molecule has 0 radical (unpaired) electrons. The molecule has 6 nitrogen and oxygen atoms in total. The Morgan fingerprint density at radius 3 is 2.81 bits per heavy atom. The molecule has 0 spiro atoms. The molecule has 4 aromatic rings. The predicted octanol–water partition coefficient (Wildman–Crippen LogP) is 4.31. The lowest BCUT2D eigenvalue weighted by Gasteiger charge is -2.06. The van der Waals surface area contributed by atoms with E-state index in [4.69, 9.17) is 9.97 Å². The van der Waals surface area contributed by atoms with Crippen LogP contribution in [0.25, 0.3) is 21.6 Å². The number of pyridine rings is 1. The summed E-state index contributed by atoms with van der Waals surface area (Å²) in [6.07, 6.45) is 7.05. The third kappa shape index (κ3) is 3.09. The highest BCUT2D eigenvalue weighted by Crippen LogP contribution is 2.43. The fourth-order valence-corrected chi connectivity index (χ4v) is 6.32. The first kappa shape index (κ1) is 17.0. The Morgan fingerprint density at radius 2 is 2.04 bits per heavy atom. The second kappa shape index (κ2) is 6.81. The van der Waals surface area contributed by atoms with Crippen LogP contribution in [0.5, 0.6) is 0 Å². The molecule has 0 bridgehead atoms. The van der Waals surface area contributed by atoms with E-state index in [-0.39, 0.29) is 0 Å². The summed E-state index contributed by atoms with van der Waals surface area (Å²) in [6, 6.07) is 3.91. The van der Waals surface area contributed by atoms with Gasteiger partial charge in [-0.05, 0) is 48.7 Å². The number of anilines is 1. The normalized spacial score (nSPS) is 13.3. The average molecular weight is 413 g/mol. The molecule has 0 aromatic carbocycles. The molecule has 0 N–H and O–H groups in total. The maximum absolute atomic E-state index is 4.91. The topological polar surface area (TPSA) is 67.7 Å². The molecule has 1 aliphatic carbocycles. The van der Waals surface area contributed by atoms with Crippen LogP contribution in [0.15, 0.2) is 33.9 Å². The van der Waals surface area contributed by atoms with Crippen LogP contribution in [0.4, 0.5) is 5.13 Å². The van der Waals surface area contributed by atoms with Gasteiger partial charge < -0.3 is 4.90 Å². The number of hydrogen-bond acceptors (Lipinski definition) is 9. The molecule has 0 atom stereocenters. The van der Waals surface area contributed by atoms with Crippen molar-refractivity contribution in [3.63, 3.8) is 0 Å². The number of fused-ring (bicyclic) bond motifs is 3. The molecule has 5 rings (SSSR count). The van der Waals surface area contributed by atoms with Crippen molar-refractivity contribution in [1.29, 1.82) is 0 Å². The maximum Gasteiger partial charge on any atom is 0.208 e. The van der Waals surface area contributed by atoms with Crippen molar-refractivity contribution >= 4 is 49.8 Å². The van der Waals surface area contributed by atoms with Crippen molar-refractivity contribution in [3.8, 4) is 11.4 Å². The molecule has 4 aromatic heterocycles. The lowest BCUT2D eigenvalue weighted by molar-refractivity contribution is 0.915. The van der Waals surface area contributed by atoms with Gasteiger partial charge in [-0.3, -0.25) is 4.98 Å². The van der Waals surface area contributed by atoms with Crippen LogP contribution >= 0.6 is 34.4 Å². The molecule has 136 valence electrons. The zero-order valence-corrected chi connectivity index (χ0v) is 17.3. The summed E-state index contributed by atoms with van der Waals surface area (Å²) in [6.45, 7) is 0. The van der Waals surface area contributed by atoms with Crippen LogP contribution in [0, 0.1) is 0 Å². The van der Waals surface area contributed by atoms with Gasteiger partial charge in [-0.1, -0.05) is 11.3 Å². The first-order valence-electron chi connectivity index (χ1n) is 8.60.